The number of fused-ring (bicyclic) bond motifs is 1. The van der Waals surface area contributed by atoms with Gasteiger partial charge in [0.2, 0.25) is 0 Å². The molecule has 0 saturated heterocycles. The van der Waals surface area contributed by atoms with Crippen LogP contribution in [0.5, 0.6) is 0 Å². The van der Waals surface area contributed by atoms with Gasteiger partial charge in [0.15, 0.2) is 0 Å². The van der Waals surface area contributed by atoms with E-state index in [4.69, 9.17) is 16.6 Å². The van der Waals surface area contributed by atoms with E-state index < -0.39 is 0 Å². The fourth-order valence-corrected chi connectivity index (χ4v) is 3.52. The van der Waals surface area contributed by atoms with Gasteiger partial charge in [-0.25, -0.2) is 4.98 Å². The highest BCUT2D eigenvalue weighted by atomic mass is 127. The zero-order valence-electron chi connectivity index (χ0n) is 11.7. The van der Waals surface area contributed by atoms with Crippen molar-refractivity contribution in [3.05, 3.63) is 27.6 Å². The molecule has 0 radical (unpaired) electrons. The van der Waals surface area contributed by atoms with Crippen LogP contribution in [0.3, 0.4) is 0 Å². The van der Waals surface area contributed by atoms with E-state index in [2.05, 4.69) is 66.1 Å². The number of imidazole rings is 1. The SMILES string of the molecule is CCC(CC)C(C)n1c(CCl)nc2cc(I)ccc21. The minimum Gasteiger partial charge on any atom is -0.324 e. The minimum absolute atomic E-state index is 0.439. The molecule has 104 valence electrons. The first kappa shape index (κ1) is 15.1. The van der Waals surface area contributed by atoms with Crippen LogP contribution in [0.1, 0.15) is 45.5 Å². The van der Waals surface area contributed by atoms with Crippen LogP contribution in [0.15, 0.2) is 18.2 Å². The van der Waals surface area contributed by atoms with Gasteiger partial charge in [0, 0.05) is 9.61 Å². The minimum atomic E-state index is 0.439. The number of alkyl halides is 1. The third kappa shape index (κ3) is 2.92. The molecule has 0 bridgehead atoms. The molecule has 1 aromatic carbocycles. The largest absolute Gasteiger partial charge is 0.324 e. The summed E-state index contributed by atoms with van der Waals surface area (Å²) < 4.78 is 3.54. The summed E-state index contributed by atoms with van der Waals surface area (Å²) in [5.41, 5.74) is 2.26. The molecule has 0 fully saturated rings. The highest BCUT2D eigenvalue weighted by Crippen LogP contribution is 2.30. The summed E-state index contributed by atoms with van der Waals surface area (Å²) >= 11 is 8.42. The summed E-state index contributed by atoms with van der Waals surface area (Å²) in [5, 5.41) is 0. The molecule has 1 unspecified atom stereocenters. The van der Waals surface area contributed by atoms with Crippen molar-refractivity contribution in [1.29, 1.82) is 0 Å². The molecule has 1 atom stereocenters. The second kappa shape index (κ2) is 6.44. The van der Waals surface area contributed by atoms with Gasteiger partial charge in [0.05, 0.1) is 16.9 Å². The quantitative estimate of drug-likeness (QED) is 0.495. The van der Waals surface area contributed by atoms with Gasteiger partial charge in [0.1, 0.15) is 5.82 Å². The van der Waals surface area contributed by atoms with Crippen molar-refractivity contribution < 1.29 is 0 Å². The Morgan fingerprint density at radius 3 is 2.58 bits per heavy atom. The third-order valence-electron chi connectivity index (χ3n) is 3.98. The lowest BCUT2D eigenvalue weighted by Crippen LogP contribution is -2.17. The van der Waals surface area contributed by atoms with Gasteiger partial charge in [-0.15, -0.1) is 11.6 Å². The number of hydrogen-bond donors (Lipinski definition) is 0. The van der Waals surface area contributed by atoms with Crippen LogP contribution in [-0.4, -0.2) is 9.55 Å². The average Bonchev–Trinajstić information content (AvgIpc) is 2.77. The van der Waals surface area contributed by atoms with E-state index in [-0.39, 0.29) is 0 Å². The molecule has 0 aliphatic rings. The molecule has 0 spiro atoms. The van der Waals surface area contributed by atoms with E-state index in [1.165, 1.54) is 21.9 Å². The van der Waals surface area contributed by atoms with Crippen LogP contribution in [-0.2, 0) is 5.88 Å². The van der Waals surface area contributed by atoms with Gasteiger partial charge in [-0.2, -0.15) is 0 Å². The smallest absolute Gasteiger partial charge is 0.125 e. The first-order valence-electron chi connectivity index (χ1n) is 6.84. The van der Waals surface area contributed by atoms with Crippen molar-refractivity contribution in [2.24, 2.45) is 5.92 Å². The molecule has 2 aromatic rings. The Bertz CT molecular complexity index is 561. The average molecular weight is 391 g/mol. The number of nitrogens with zero attached hydrogens (tertiary/aromatic N) is 2. The van der Waals surface area contributed by atoms with Crippen LogP contribution in [0.2, 0.25) is 0 Å². The van der Waals surface area contributed by atoms with Gasteiger partial charge in [-0.3, -0.25) is 0 Å². The normalized spacial score (nSPS) is 13.4. The van der Waals surface area contributed by atoms with Crippen molar-refractivity contribution in [1.82, 2.24) is 9.55 Å². The number of hydrogen-bond acceptors (Lipinski definition) is 1. The lowest BCUT2D eigenvalue weighted by atomic mass is 9.95. The molecule has 2 nitrogen and oxygen atoms in total. The molecular formula is C15H20ClIN2. The van der Waals surface area contributed by atoms with E-state index >= 15 is 0 Å². The number of halogens is 2. The predicted octanol–water partition coefficient (Wildman–Crippen LogP) is 5.38. The summed E-state index contributed by atoms with van der Waals surface area (Å²) in [6.45, 7) is 6.80. The molecule has 1 aromatic heterocycles. The van der Waals surface area contributed by atoms with E-state index in [1.54, 1.807) is 0 Å². The van der Waals surface area contributed by atoms with E-state index in [1.807, 2.05) is 0 Å². The lowest BCUT2D eigenvalue weighted by molar-refractivity contribution is 0.334. The molecular weight excluding hydrogens is 371 g/mol. The zero-order valence-corrected chi connectivity index (χ0v) is 14.6. The Kier molecular flexibility index (Phi) is 5.12. The fourth-order valence-electron chi connectivity index (χ4n) is 2.85. The molecule has 0 saturated carbocycles. The predicted molar refractivity (Wildman–Crippen MR) is 90.8 cm³/mol. The molecule has 0 amide bonds. The van der Waals surface area contributed by atoms with Crippen molar-refractivity contribution in [3.63, 3.8) is 0 Å². The zero-order chi connectivity index (χ0) is 14.0. The van der Waals surface area contributed by atoms with Gasteiger partial charge in [0.25, 0.3) is 0 Å². The van der Waals surface area contributed by atoms with E-state index in [0.717, 1.165) is 11.3 Å². The van der Waals surface area contributed by atoms with Crippen molar-refractivity contribution in [3.8, 4) is 0 Å². The van der Waals surface area contributed by atoms with Crippen LogP contribution < -0.4 is 0 Å². The maximum Gasteiger partial charge on any atom is 0.125 e. The maximum absolute atomic E-state index is 6.09. The molecule has 4 heteroatoms. The Morgan fingerprint density at radius 2 is 2.00 bits per heavy atom. The van der Waals surface area contributed by atoms with Gasteiger partial charge in [-0.05, 0) is 53.6 Å². The van der Waals surface area contributed by atoms with Gasteiger partial charge >= 0.3 is 0 Å². The molecule has 0 N–H and O–H groups in total. The summed E-state index contributed by atoms with van der Waals surface area (Å²) in [6.07, 6.45) is 2.37. The molecule has 0 aliphatic heterocycles. The lowest BCUT2D eigenvalue weighted by Gasteiger charge is -2.25. The van der Waals surface area contributed by atoms with Crippen molar-refractivity contribution in [2.45, 2.75) is 45.5 Å². The van der Waals surface area contributed by atoms with Crippen molar-refractivity contribution in [2.75, 3.05) is 0 Å². The Balaban J connectivity index is 2.57. The number of benzene rings is 1. The van der Waals surface area contributed by atoms with E-state index in [9.17, 15) is 0 Å². The highest BCUT2D eigenvalue weighted by Gasteiger charge is 2.21. The van der Waals surface area contributed by atoms with Gasteiger partial charge in [-0.1, -0.05) is 26.7 Å². The summed E-state index contributed by atoms with van der Waals surface area (Å²) in [6, 6.07) is 6.87. The first-order chi connectivity index (χ1) is 9.12. The van der Waals surface area contributed by atoms with Crippen LogP contribution >= 0.6 is 34.2 Å². The van der Waals surface area contributed by atoms with Crippen LogP contribution in [0, 0.1) is 9.49 Å². The third-order valence-corrected chi connectivity index (χ3v) is 4.89. The second-order valence-electron chi connectivity index (χ2n) is 4.98. The summed E-state index contributed by atoms with van der Waals surface area (Å²) in [7, 11) is 0. The topological polar surface area (TPSA) is 17.8 Å². The molecule has 19 heavy (non-hydrogen) atoms. The van der Waals surface area contributed by atoms with Gasteiger partial charge < -0.3 is 4.57 Å². The van der Waals surface area contributed by atoms with Crippen LogP contribution in [0.4, 0.5) is 0 Å². The number of aromatic nitrogens is 2. The molecule has 1 heterocycles. The Morgan fingerprint density at radius 1 is 1.32 bits per heavy atom. The fraction of sp³-hybridized carbons (Fsp3) is 0.533. The molecule has 0 aliphatic carbocycles. The Hall–Kier alpha value is -0.290. The summed E-state index contributed by atoms with van der Waals surface area (Å²) in [5.74, 6) is 2.12. The van der Waals surface area contributed by atoms with Crippen LogP contribution in [0.25, 0.3) is 11.0 Å². The van der Waals surface area contributed by atoms with Crippen molar-refractivity contribution >= 4 is 45.2 Å². The number of rotatable bonds is 5. The molecule has 2 rings (SSSR count). The monoisotopic (exact) mass is 390 g/mol. The van der Waals surface area contributed by atoms with E-state index in [0.29, 0.717) is 17.8 Å². The summed E-state index contributed by atoms with van der Waals surface area (Å²) in [4.78, 5) is 4.69. The highest BCUT2D eigenvalue weighted by molar-refractivity contribution is 14.1. The second-order valence-corrected chi connectivity index (χ2v) is 6.49. The Labute approximate surface area is 133 Å². The maximum atomic E-state index is 6.09. The first-order valence-corrected chi connectivity index (χ1v) is 8.46. The standard InChI is InChI=1S/C15H20ClIN2/c1-4-11(5-2)10(3)19-14-7-6-12(17)8-13(14)18-15(19)9-16/h6-8,10-11H,4-5,9H2,1-3H3.